The number of carbonyl (C=O) groups excluding carboxylic acids is 1. The Morgan fingerprint density at radius 2 is 2.14 bits per heavy atom. The molecule has 1 amide bonds. The van der Waals surface area contributed by atoms with Crippen LogP contribution in [0.3, 0.4) is 0 Å². The van der Waals surface area contributed by atoms with Crippen LogP contribution in [-0.4, -0.2) is 34.6 Å². The Kier molecular flexibility index (Phi) is 3.67. The first-order valence-corrected chi connectivity index (χ1v) is 8.03. The number of fused-ring (bicyclic) bond motifs is 1. The summed E-state index contributed by atoms with van der Waals surface area (Å²) < 4.78 is 7.53. The molecule has 0 unspecified atom stereocenters. The van der Waals surface area contributed by atoms with Crippen LogP contribution in [0.25, 0.3) is 0 Å². The largest absolute Gasteiger partial charge is 0.444 e. The number of hydrogen-bond acceptors (Lipinski definition) is 4. The summed E-state index contributed by atoms with van der Waals surface area (Å²) in [6, 6.07) is -0.0213. The van der Waals surface area contributed by atoms with E-state index in [0.717, 1.165) is 43.7 Å². The number of ether oxygens (including phenoxy) is 1. The van der Waals surface area contributed by atoms with Gasteiger partial charge in [0.15, 0.2) is 0 Å². The van der Waals surface area contributed by atoms with Crippen LogP contribution >= 0.6 is 0 Å². The van der Waals surface area contributed by atoms with Gasteiger partial charge in [0.2, 0.25) is 0 Å². The van der Waals surface area contributed by atoms with Gasteiger partial charge in [-0.25, -0.2) is 4.79 Å². The fraction of sp³-hybridized carbons (Fsp3) is 0.750. The summed E-state index contributed by atoms with van der Waals surface area (Å²) >= 11 is 0. The average molecular weight is 306 g/mol. The van der Waals surface area contributed by atoms with Gasteiger partial charge in [0.1, 0.15) is 5.60 Å². The van der Waals surface area contributed by atoms with Crippen molar-refractivity contribution in [3.8, 4) is 0 Å². The third-order valence-corrected chi connectivity index (χ3v) is 4.68. The predicted octanol–water partition coefficient (Wildman–Crippen LogP) is 2.14. The van der Waals surface area contributed by atoms with Crippen LogP contribution in [0.15, 0.2) is 6.20 Å². The SMILES string of the molecule is Cc1cnn2c1[C@@H](NC(=O)OC(C)(C)C)C1(CCNCC1)C2. The summed E-state index contributed by atoms with van der Waals surface area (Å²) in [6.07, 6.45) is 3.61. The third kappa shape index (κ3) is 2.72. The monoisotopic (exact) mass is 306 g/mol. The van der Waals surface area contributed by atoms with Gasteiger partial charge in [-0.2, -0.15) is 5.10 Å². The van der Waals surface area contributed by atoms with E-state index in [2.05, 4.69) is 27.3 Å². The zero-order valence-corrected chi connectivity index (χ0v) is 13.9. The molecule has 0 aromatic carbocycles. The topological polar surface area (TPSA) is 68.2 Å². The van der Waals surface area contributed by atoms with Gasteiger partial charge in [-0.05, 0) is 59.2 Å². The number of alkyl carbamates (subject to hydrolysis) is 1. The van der Waals surface area contributed by atoms with Crippen molar-refractivity contribution in [1.82, 2.24) is 20.4 Å². The van der Waals surface area contributed by atoms with E-state index >= 15 is 0 Å². The number of hydrogen-bond donors (Lipinski definition) is 2. The Balaban J connectivity index is 1.86. The maximum Gasteiger partial charge on any atom is 0.408 e. The molecule has 1 saturated heterocycles. The first kappa shape index (κ1) is 15.3. The molecule has 22 heavy (non-hydrogen) atoms. The van der Waals surface area contributed by atoms with E-state index in [9.17, 15) is 4.79 Å². The molecule has 2 aliphatic rings. The molecule has 1 fully saturated rings. The minimum absolute atomic E-state index is 0.0213. The molecule has 2 N–H and O–H groups in total. The van der Waals surface area contributed by atoms with Crippen molar-refractivity contribution in [3.63, 3.8) is 0 Å². The third-order valence-electron chi connectivity index (χ3n) is 4.68. The zero-order valence-electron chi connectivity index (χ0n) is 13.9. The molecule has 122 valence electrons. The number of rotatable bonds is 1. The highest BCUT2D eigenvalue weighted by Gasteiger charge is 2.49. The second-order valence-electron chi connectivity index (χ2n) is 7.56. The van der Waals surface area contributed by atoms with E-state index in [4.69, 9.17) is 4.74 Å². The van der Waals surface area contributed by atoms with Crippen LogP contribution < -0.4 is 10.6 Å². The van der Waals surface area contributed by atoms with E-state index in [1.807, 2.05) is 27.0 Å². The number of nitrogens with one attached hydrogen (secondary N) is 2. The number of carbonyl (C=O) groups is 1. The molecule has 3 heterocycles. The van der Waals surface area contributed by atoms with Gasteiger partial charge in [0, 0.05) is 12.0 Å². The summed E-state index contributed by atoms with van der Waals surface area (Å²) in [5, 5.41) is 11.0. The van der Waals surface area contributed by atoms with E-state index in [1.54, 1.807) is 0 Å². The van der Waals surface area contributed by atoms with E-state index in [1.165, 1.54) is 0 Å². The van der Waals surface area contributed by atoms with Gasteiger partial charge in [-0.3, -0.25) is 4.68 Å². The minimum Gasteiger partial charge on any atom is -0.444 e. The van der Waals surface area contributed by atoms with Crippen molar-refractivity contribution >= 4 is 6.09 Å². The van der Waals surface area contributed by atoms with Gasteiger partial charge < -0.3 is 15.4 Å². The molecule has 1 aromatic heterocycles. The lowest BCUT2D eigenvalue weighted by Crippen LogP contribution is -2.46. The van der Waals surface area contributed by atoms with Gasteiger partial charge in [0.05, 0.1) is 17.9 Å². The van der Waals surface area contributed by atoms with E-state index in [-0.39, 0.29) is 17.6 Å². The quantitative estimate of drug-likeness (QED) is 0.834. The van der Waals surface area contributed by atoms with Crippen molar-refractivity contribution in [2.24, 2.45) is 5.41 Å². The minimum atomic E-state index is -0.487. The maximum absolute atomic E-state index is 12.3. The summed E-state index contributed by atoms with van der Waals surface area (Å²) in [5.74, 6) is 0. The summed E-state index contributed by atoms with van der Waals surface area (Å²) in [6.45, 7) is 10.6. The fourth-order valence-electron chi connectivity index (χ4n) is 3.69. The second kappa shape index (κ2) is 5.26. The van der Waals surface area contributed by atoms with Gasteiger partial charge >= 0.3 is 6.09 Å². The van der Waals surface area contributed by atoms with Crippen molar-refractivity contribution in [3.05, 3.63) is 17.5 Å². The zero-order chi connectivity index (χ0) is 16.0. The fourth-order valence-corrected chi connectivity index (χ4v) is 3.69. The lowest BCUT2D eigenvalue weighted by molar-refractivity contribution is 0.0416. The van der Waals surface area contributed by atoms with Crippen molar-refractivity contribution in [2.75, 3.05) is 13.1 Å². The normalized spacial score (nSPS) is 23.4. The first-order valence-electron chi connectivity index (χ1n) is 8.03. The molecular weight excluding hydrogens is 280 g/mol. The van der Waals surface area contributed by atoms with Gasteiger partial charge in [-0.15, -0.1) is 0 Å². The molecule has 1 atom stereocenters. The average Bonchev–Trinajstić information content (AvgIpc) is 2.88. The molecule has 0 bridgehead atoms. The molecule has 2 aliphatic heterocycles. The molecule has 0 saturated carbocycles. The summed E-state index contributed by atoms with van der Waals surface area (Å²) in [7, 11) is 0. The van der Waals surface area contributed by atoms with Crippen LogP contribution in [0.1, 0.15) is 50.9 Å². The number of nitrogens with zero attached hydrogens (tertiary/aromatic N) is 2. The van der Waals surface area contributed by atoms with Crippen LogP contribution in [0, 0.1) is 12.3 Å². The highest BCUT2D eigenvalue weighted by molar-refractivity contribution is 5.68. The molecule has 1 spiro atoms. The number of aryl methyl sites for hydroxylation is 1. The number of aromatic nitrogens is 2. The van der Waals surface area contributed by atoms with Gasteiger partial charge in [-0.1, -0.05) is 0 Å². The Hall–Kier alpha value is -1.56. The van der Waals surface area contributed by atoms with E-state index < -0.39 is 5.60 Å². The van der Waals surface area contributed by atoms with Crippen molar-refractivity contribution in [2.45, 2.75) is 58.7 Å². The predicted molar refractivity (Wildman–Crippen MR) is 83.6 cm³/mol. The highest BCUT2D eigenvalue weighted by Crippen LogP contribution is 2.48. The van der Waals surface area contributed by atoms with Crippen LogP contribution in [0.2, 0.25) is 0 Å². The lowest BCUT2D eigenvalue weighted by Gasteiger charge is -2.39. The molecular formula is C16H26N4O2. The Labute approximate surface area is 131 Å². The molecule has 3 rings (SSSR count). The first-order chi connectivity index (χ1) is 10.3. The molecule has 0 aliphatic carbocycles. The van der Waals surface area contributed by atoms with Crippen LogP contribution in [-0.2, 0) is 11.3 Å². The van der Waals surface area contributed by atoms with E-state index in [0.29, 0.717) is 0 Å². The Morgan fingerprint density at radius 3 is 2.77 bits per heavy atom. The summed E-state index contributed by atoms with van der Waals surface area (Å²) in [5.41, 5.74) is 1.83. The van der Waals surface area contributed by atoms with Crippen LogP contribution in [0.5, 0.6) is 0 Å². The number of piperidine rings is 1. The van der Waals surface area contributed by atoms with Gasteiger partial charge in [0.25, 0.3) is 0 Å². The number of amides is 1. The molecule has 1 aromatic rings. The summed E-state index contributed by atoms with van der Waals surface area (Å²) in [4.78, 5) is 12.3. The lowest BCUT2D eigenvalue weighted by atomic mass is 9.73. The maximum atomic E-state index is 12.3. The van der Waals surface area contributed by atoms with Crippen LogP contribution in [0.4, 0.5) is 4.79 Å². The molecule has 6 heteroatoms. The standard InChI is InChI=1S/C16H26N4O2/c1-11-9-18-20-10-16(5-7-17-8-6-16)13(12(11)20)19-14(21)22-15(2,3)4/h9,13,17H,5-8,10H2,1-4H3,(H,19,21)/t13-/m1/s1. The van der Waals surface area contributed by atoms with Crippen molar-refractivity contribution < 1.29 is 9.53 Å². The Morgan fingerprint density at radius 1 is 1.45 bits per heavy atom. The smallest absolute Gasteiger partial charge is 0.408 e. The second-order valence-corrected chi connectivity index (χ2v) is 7.56. The molecule has 0 radical (unpaired) electrons. The highest BCUT2D eigenvalue weighted by atomic mass is 16.6. The van der Waals surface area contributed by atoms with Crippen molar-refractivity contribution in [1.29, 1.82) is 0 Å². The molecule has 6 nitrogen and oxygen atoms in total. The Bertz CT molecular complexity index is 567.